The molecule has 128 valence electrons. The van der Waals surface area contributed by atoms with Crippen molar-refractivity contribution in [3.63, 3.8) is 0 Å². The van der Waals surface area contributed by atoms with E-state index in [0.717, 1.165) is 10.9 Å². The zero-order chi connectivity index (χ0) is 15.5. The number of carbonyl (C=O) groups is 1. The molecule has 2 bridgehead atoms. The van der Waals surface area contributed by atoms with Gasteiger partial charge >= 0.3 is 0 Å². The van der Waals surface area contributed by atoms with E-state index in [0.29, 0.717) is 24.4 Å². The van der Waals surface area contributed by atoms with Gasteiger partial charge in [0.05, 0.1) is 0 Å². The number of amides is 1. The highest BCUT2D eigenvalue weighted by molar-refractivity contribution is 9.10. The summed E-state index contributed by atoms with van der Waals surface area (Å²) in [7, 11) is 0. The summed E-state index contributed by atoms with van der Waals surface area (Å²) in [4.78, 5) is 12.3. The van der Waals surface area contributed by atoms with Crippen LogP contribution in [-0.4, -0.2) is 24.0 Å². The van der Waals surface area contributed by atoms with Gasteiger partial charge in [0.25, 0.3) is 0 Å². The van der Waals surface area contributed by atoms with Crippen LogP contribution in [0.5, 0.6) is 0 Å². The predicted molar refractivity (Wildman–Crippen MR) is 100.0 cm³/mol. The van der Waals surface area contributed by atoms with E-state index in [4.69, 9.17) is 0 Å². The minimum absolute atomic E-state index is 0. The Labute approximate surface area is 153 Å². The molecular formula is C18H26BrClN2O. The molecule has 1 aromatic rings. The maximum absolute atomic E-state index is 12.3. The van der Waals surface area contributed by atoms with Crippen molar-refractivity contribution < 1.29 is 4.79 Å². The van der Waals surface area contributed by atoms with Crippen LogP contribution in [0.4, 0.5) is 0 Å². The first kappa shape index (κ1) is 18.8. The maximum Gasteiger partial charge on any atom is 0.220 e. The average molecular weight is 402 g/mol. The topological polar surface area (TPSA) is 41.1 Å². The first-order valence-corrected chi connectivity index (χ1v) is 9.18. The van der Waals surface area contributed by atoms with Crippen LogP contribution in [0.1, 0.15) is 44.6 Å². The lowest BCUT2D eigenvalue weighted by Gasteiger charge is -2.29. The molecule has 2 aliphatic rings. The highest BCUT2D eigenvalue weighted by Gasteiger charge is 2.34. The first-order valence-electron chi connectivity index (χ1n) is 8.39. The quantitative estimate of drug-likeness (QED) is 0.787. The summed E-state index contributed by atoms with van der Waals surface area (Å²) in [6.45, 7) is 2.09. The minimum atomic E-state index is 0. The molecule has 3 rings (SSSR count). The van der Waals surface area contributed by atoms with E-state index in [1.165, 1.54) is 31.2 Å². The third-order valence-corrected chi connectivity index (χ3v) is 5.71. The van der Waals surface area contributed by atoms with E-state index in [9.17, 15) is 4.79 Å². The second-order valence-electron chi connectivity index (χ2n) is 6.94. The number of nitrogens with one attached hydrogen (secondary N) is 2. The fourth-order valence-corrected chi connectivity index (χ4v) is 4.43. The molecule has 2 saturated heterocycles. The predicted octanol–water partition coefficient (Wildman–Crippen LogP) is 3.84. The number of rotatable bonds is 5. The Kier molecular flexibility index (Phi) is 6.93. The van der Waals surface area contributed by atoms with Gasteiger partial charge in [0.2, 0.25) is 5.91 Å². The number of halogens is 2. The number of hydrogen-bond donors (Lipinski definition) is 2. The molecule has 0 spiro atoms. The molecule has 3 nitrogen and oxygen atoms in total. The number of hydrogen-bond acceptors (Lipinski definition) is 2. The molecule has 23 heavy (non-hydrogen) atoms. The van der Waals surface area contributed by atoms with E-state index in [-0.39, 0.29) is 24.4 Å². The fraction of sp³-hybridized carbons (Fsp3) is 0.611. The van der Waals surface area contributed by atoms with Crippen LogP contribution in [0.3, 0.4) is 0 Å². The van der Waals surface area contributed by atoms with Crippen LogP contribution in [0, 0.1) is 5.92 Å². The molecule has 2 heterocycles. The van der Waals surface area contributed by atoms with E-state index in [1.54, 1.807) is 0 Å². The standard InChI is InChI=1S/C18H25BrN2O.ClH/c1-12(8-14-4-2-3-5-17(14)19)20-18(22)11-13-9-15-6-7-16(10-13)21-15;/h2-5,12-13,15-16,21H,6-11H2,1H3,(H,20,22);1H. The average Bonchev–Trinajstić information content (AvgIpc) is 2.80. The molecule has 2 aliphatic heterocycles. The minimum Gasteiger partial charge on any atom is -0.353 e. The molecule has 2 fully saturated rings. The number of benzene rings is 1. The van der Waals surface area contributed by atoms with Crippen LogP contribution < -0.4 is 10.6 Å². The van der Waals surface area contributed by atoms with Crippen LogP contribution in [0.15, 0.2) is 28.7 Å². The highest BCUT2D eigenvalue weighted by atomic mass is 79.9. The Hall–Kier alpha value is -0.580. The van der Waals surface area contributed by atoms with Gasteiger partial charge in [-0.2, -0.15) is 0 Å². The SMILES string of the molecule is CC(Cc1ccccc1Br)NC(=O)CC1CC2CCC(C1)N2.Cl. The summed E-state index contributed by atoms with van der Waals surface area (Å²) < 4.78 is 1.12. The van der Waals surface area contributed by atoms with Crippen molar-refractivity contribution >= 4 is 34.2 Å². The number of piperidine rings is 1. The molecule has 2 N–H and O–H groups in total. The summed E-state index contributed by atoms with van der Waals surface area (Å²) in [5, 5.41) is 6.81. The highest BCUT2D eigenvalue weighted by Crippen LogP contribution is 2.32. The number of carbonyl (C=O) groups excluding carboxylic acids is 1. The summed E-state index contributed by atoms with van der Waals surface area (Å²) in [6, 6.07) is 9.71. The largest absolute Gasteiger partial charge is 0.353 e. The number of fused-ring (bicyclic) bond motifs is 2. The van der Waals surface area contributed by atoms with E-state index >= 15 is 0 Å². The van der Waals surface area contributed by atoms with Gasteiger partial charge in [0.15, 0.2) is 0 Å². The van der Waals surface area contributed by atoms with Crippen molar-refractivity contribution in [2.45, 2.75) is 63.6 Å². The Morgan fingerprint density at radius 2 is 1.96 bits per heavy atom. The molecule has 0 aliphatic carbocycles. The fourth-order valence-electron chi connectivity index (χ4n) is 3.98. The molecule has 1 aromatic carbocycles. The van der Waals surface area contributed by atoms with Crippen molar-refractivity contribution in [2.24, 2.45) is 5.92 Å². The van der Waals surface area contributed by atoms with Crippen LogP contribution in [0.2, 0.25) is 0 Å². The van der Waals surface area contributed by atoms with Crippen molar-refractivity contribution in [2.75, 3.05) is 0 Å². The van der Waals surface area contributed by atoms with E-state index in [1.807, 2.05) is 12.1 Å². The van der Waals surface area contributed by atoms with Gasteiger partial charge in [-0.25, -0.2) is 0 Å². The van der Waals surface area contributed by atoms with Gasteiger partial charge in [-0.05, 0) is 56.6 Å². The molecular weight excluding hydrogens is 376 g/mol. The molecule has 3 unspecified atom stereocenters. The lowest BCUT2D eigenvalue weighted by atomic mass is 9.89. The molecule has 1 amide bonds. The van der Waals surface area contributed by atoms with Gasteiger partial charge in [-0.15, -0.1) is 12.4 Å². The Balaban J connectivity index is 0.00000192. The Morgan fingerprint density at radius 1 is 1.30 bits per heavy atom. The van der Waals surface area contributed by atoms with Crippen LogP contribution >= 0.6 is 28.3 Å². The lowest BCUT2D eigenvalue weighted by Crippen LogP contribution is -2.41. The smallest absolute Gasteiger partial charge is 0.220 e. The van der Waals surface area contributed by atoms with Gasteiger partial charge in [0, 0.05) is 29.0 Å². The monoisotopic (exact) mass is 400 g/mol. The van der Waals surface area contributed by atoms with Crippen molar-refractivity contribution in [1.29, 1.82) is 0 Å². The molecule has 5 heteroatoms. The summed E-state index contributed by atoms with van der Waals surface area (Å²) in [5.41, 5.74) is 1.25. The third kappa shape index (κ3) is 5.20. The summed E-state index contributed by atoms with van der Waals surface area (Å²) in [5.74, 6) is 0.778. The molecule has 0 saturated carbocycles. The van der Waals surface area contributed by atoms with E-state index < -0.39 is 0 Å². The van der Waals surface area contributed by atoms with E-state index in [2.05, 4.69) is 45.6 Å². The third-order valence-electron chi connectivity index (χ3n) is 4.94. The molecule has 0 radical (unpaired) electrons. The zero-order valence-electron chi connectivity index (χ0n) is 13.6. The summed E-state index contributed by atoms with van der Waals surface area (Å²) in [6.07, 6.45) is 6.48. The Bertz CT molecular complexity index is 528. The van der Waals surface area contributed by atoms with Crippen molar-refractivity contribution in [3.05, 3.63) is 34.3 Å². The second-order valence-corrected chi connectivity index (χ2v) is 7.80. The van der Waals surface area contributed by atoms with Crippen molar-refractivity contribution in [1.82, 2.24) is 10.6 Å². The van der Waals surface area contributed by atoms with Gasteiger partial charge in [-0.1, -0.05) is 34.1 Å². The van der Waals surface area contributed by atoms with Gasteiger partial charge in [-0.3, -0.25) is 4.79 Å². The van der Waals surface area contributed by atoms with Crippen LogP contribution in [-0.2, 0) is 11.2 Å². The second kappa shape index (κ2) is 8.50. The molecule has 0 aromatic heterocycles. The Morgan fingerprint density at radius 3 is 2.61 bits per heavy atom. The summed E-state index contributed by atoms with van der Waals surface area (Å²) >= 11 is 3.57. The first-order chi connectivity index (χ1) is 10.6. The van der Waals surface area contributed by atoms with Crippen LogP contribution in [0.25, 0.3) is 0 Å². The maximum atomic E-state index is 12.3. The molecule has 3 atom stereocenters. The normalized spacial score (nSPS) is 27.1. The van der Waals surface area contributed by atoms with Gasteiger partial charge < -0.3 is 10.6 Å². The zero-order valence-corrected chi connectivity index (χ0v) is 16.0. The van der Waals surface area contributed by atoms with Crippen molar-refractivity contribution in [3.8, 4) is 0 Å². The lowest BCUT2D eigenvalue weighted by molar-refractivity contribution is -0.122. The van der Waals surface area contributed by atoms with Gasteiger partial charge in [0.1, 0.15) is 0 Å².